The van der Waals surface area contributed by atoms with Crippen LogP contribution in [0.1, 0.15) is 25.0 Å². The molecule has 0 radical (unpaired) electrons. The molecule has 0 saturated carbocycles. The topological polar surface area (TPSA) is 57.1 Å². The van der Waals surface area contributed by atoms with Crippen LogP contribution in [0, 0.1) is 0 Å². The van der Waals surface area contributed by atoms with E-state index in [1.807, 2.05) is 24.3 Å². The molecule has 280 valence electrons. The van der Waals surface area contributed by atoms with E-state index in [2.05, 4.69) is 178 Å². The Labute approximate surface area is 343 Å². The summed E-state index contributed by atoms with van der Waals surface area (Å²) >= 11 is 0. The molecule has 0 fully saturated rings. The first-order valence-corrected chi connectivity index (χ1v) is 19.9. The second kappa shape index (κ2) is 13.8. The van der Waals surface area contributed by atoms with Gasteiger partial charge in [0.1, 0.15) is 0 Å². The fraction of sp³-hybridized carbons (Fsp3) is 0.0556. The van der Waals surface area contributed by atoms with Gasteiger partial charge in [0.15, 0.2) is 40.5 Å². The van der Waals surface area contributed by atoms with Crippen LogP contribution in [-0.2, 0) is 5.41 Å². The van der Waals surface area contributed by atoms with Crippen molar-refractivity contribution in [1.82, 2.24) is 15.0 Å². The van der Waals surface area contributed by atoms with Crippen molar-refractivity contribution >= 4 is 0 Å². The van der Waals surface area contributed by atoms with Gasteiger partial charge < -0.3 is 9.47 Å². The van der Waals surface area contributed by atoms with E-state index in [0.717, 1.165) is 61.4 Å². The highest BCUT2D eigenvalue weighted by molar-refractivity contribution is 5.88. The van der Waals surface area contributed by atoms with Crippen LogP contribution >= 0.6 is 0 Å². The molecule has 0 atom stereocenters. The molecule has 0 spiro atoms. The van der Waals surface area contributed by atoms with Gasteiger partial charge in [-0.2, -0.15) is 0 Å². The van der Waals surface area contributed by atoms with Gasteiger partial charge in [-0.1, -0.05) is 166 Å². The lowest BCUT2D eigenvalue weighted by molar-refractivity contribution is 0.360. The predicted molar refractivity (Wildman–Crippen MR) is 237 cm³/mol. The molecule has 0 N–H and O–H groups in total. The molecule has 11 rings (SSSR count). The summed E-state index contributed by atoms with van der Waals surface area (Å²) in [6, 6.07) is 64.8. The molecule has 1 aromatic heterocycles. The van der Waals surface area contributed by atoms with Crippen molar-refractivity contribution < 1.29 is 9.47 Å². The van der Waals surface area contributed by atoms with Crippen LogP contribution in [0.4, 0.5) is 0 Å². The van der Waals surface area contributed by atoms with Crippen LogP contribution < -0.4 is 9.47 Å². The minimum Gasteiger partial charge on any atom is -0.449 e. The molecular formula is C54H37N3O2. The van der Waals surface area contributed by atoms with Gasteiger partial charge >= 0.3 is 0 Å². The second-order valence-electron chi connectivity index (χ2n) is 15.6. The number of fused-ring (bicyclic) bond motifs is 6. The minimum absolute atomic E-state index is 0.127. The van der Waals surface area contributed by atoms with Gasteiger partial charge in [0, 0.05) is 27.7 Å². The van der Waals surface area contributed by atoms with Gasteiger partial charge in [-0.05, 0) is 86.5 Å². The van der Waals surface area contributed by atoms with E-state index in [1.165, 1.54) is 16.7 Å². The normalized spacial score (nSPS) is 13.0. The van der Waals surface area contributed by atoms with Crippen LogP contribution in [-0.4, -0.2) is 15.0 Å². The van der Waals surface area contributed by atoms with E-state index < -0.39 is 0 Å². The maximum atomic E-state index is 6.69. The van der Waals surface area contributed by atoms with Gasteiger partial charge in [0.05, 0.1) is 0 Å². The third-order valence-corrected chi connectivity index (χ3v) is 11.6. The Bertz CT molecular complexity index is 2980. The summed E-state index contributed by atoms with van der Waals surface area (Å²) in [6.07, 6.45) is 0. The van der Waals surface area contributed by atoms with Crippen molar-refractivity contribution in [2.75, 3.05) is 0 Å². The SMILES string of the molecule is CC1(C)c2ccccc2-c2c1ccc1c2Oc2ccc(-c3cccc(-c4nc(-c5cccc(-c6ccccc6)c5)nc(-c5cccc(-c6ccccc6)c5)n4)c3)cc2O1. The summed E-state index contributed by atoms with van der Waals surface area (Å²) in [6.45, 7) is 4.54. The monoisotopic (exact) mass is 759 g/mol. The van der Waals surface area contributed by atoms with Crippen molar-refractivity contribution in [3.63, 3.8) is 0 Å². The Balaban J connectivity index is 0.976. The van der Waals surface area contributed by atoms with Gasteiger partial charge in [0.25, 0.3) is 0 Å². The van der Waals surface area contributed by atoms with Crippen molar-refractivity contribution in [2.24, 2.45) is 0 Å². The molecule has 8 aromatic carbocycles. The Kier molecular flexibility index (Phi) is 8.09. The smallest absolute Gasteiger partial charge is 0.178 e. The Morgan fingerprint density at radius 3 is 1.37 bits per heavy atom. The Hall–Kier alpha value is -7.63. The van der Waals surface area contributed by atoms with Gasteiger partial charge in [-0.15, -0.1) is 0 Å². The number of nitrogens with zero attached hydrogens (tertiary/aromatic N) is 3. The first-order valence-electron chi connectivity index (χ1n) is 19.9. The highest BCUT2D eigenvalue weighted by Crippen LogP contribution is 2.58. The molecule has 0 unspecified atom stereocenters. The van der Waals surface area contributed by atoms with E-state index in [4.69, 9.17) is 24.4 Å². The number of hydrogen-bond acceptors (Lipinski definition) is 5. The summed E-state index contributed by atoms with van der Waals surface area (Å²) in [7, 11) is 0. The molecule has 0 bridgehead atoms. The van der Waals surface area contributed by atoms with E-state index in [9.17, 15) is 0 Å². The van der Waals surface area contributed by atoms with Crippen LogP contribution in [0.25, 0.3) is 78.7 Å². The molecule has 0 saturated heterocycles. The molecule has 2 aliphatic rings. The van der Waals surface area contributed by atoms with E-state index in [-0.39, 0.29) is 5.41 Å². The van der Waals surface area contributed by atoms with Crippen LogP contribution in [0.2, 0.25) is 0 Å². The summed E-state index contributed by atoms with van der Waals surface area (Å²) in [5.41, 5.74) is 13.9. The molecule has 5 heteroatoms. The van der Waals surface area contributed by atoms with Gasteiger partial charge in [-0.25, -0.2) is 15.0 Å². The quantitative estimate of drug-likeness (QED) is 0.169. The first kappa shape index (κ1) is 34.6. The fourth-order valence-corrected chi connectivity index (χ4v) is 8.54. The molecule has 2 heterocycles. The molecule has 1 aliphatic heterocycles. The van der Waals surface area contributed by atoms with Crippen molar-refractivity contribution in [2.45, 2.75) is 19.3 Å². The van der Waals surface area contributed by atoms with E-state index >= 15 is 0 Å². The molecule has 59 heavy (non-hydrogen) atoms. The molecule has 9 aromatic rings. The summed E-state index contributed by atoms with van der Waals surface area (Å²) in [4.78, 5) is 15.4. The third-order valence-electron chi connectivity index (χ3n) is 11.6. The zero-order chi connectivity index (χ0) is 39.5. The highest BCUT2D eigenvalue weighted by Gasteiger charge is 2.39. The Morgan fingerprint density at radius 2 is 0.797 bits per heavy atom. The zero-order valence-corrected chi connectivity index (χ0v) is 32.6. The number of ether oxygens (including phenoxy) is 2. The van der Waals surface area contributed by atoms with Crippen LogP contribution in [0.15, 0.2) is 188 Å². The molecule has 0 amide bonds. The zero-order valence-electron chi connectivity index (χ0n) is 32.6. The van der Waals surface area contributed by atoms with Crippen molar-refractivity contribution in [3.05, 3.63) is 199 Å². The lowest BCUT2D eigenvalue weighted by atomic mass is 9.82. The maximum absolute atomic E-state index is 6.69. The average Bonchev–Trinajstić information content (AvgIpc) is 3.54. The third kappa shape index (κ3) is 6.07. The molecule has 1 aliphatic carbocycles. The average molecular weight is 760 g/mol. The highest BCUT2D eigenvalue weighted by atomic mass is 16.6. The number of benzene rings is 8. The van der Waals surface area contributed by atoms with E-state index in [1.54, 1.807) is 0 Å². The minimum atomic E-state index is -0.127. The number of hydrogen-bond donors (Lipinski definition) is 0. The summed E-state index contributed by atoms with van der Waals surface area (Å²) in [5.74, 6) is 4.65. The standard InChI is InChI=1S/C54H37N3O2/c1-54(2)44-25-10-9-24-43(44)49-45(54)27-29-47-50(49)59-46-28-26-39(33-48(46)58-47)38-20-13-23-42(32-38)53-56-51(40-21-11-18-36(30-40)34-14-5-3-6-15-34)55-52(57-53)41-22-12-19-37(31-41)35-16-7-4-8-17-35/h3-33H,1-2H3. The Morgan fingerprint density at radius 1 is 0.339 bits per heavy atom. The number of rotatable bonds is 6. The van der Waals surface area contributed by atoms with Gasteiger partial charge in [-0.3, -0.25) is 0 Å². The number of aromatic nitrogens is 3. The lowest BCUT2D eigenvalue weighted by Gasteiger charge is -2.25. The maximum Gasteiger partial charge on any atom is 0.178 e. The second-order valence-corrected chi connectivity index (χ2v) is 15.6. The fourth-order valence-electron chi connectivity index (χ4n) is 8.54. The largest absolute Gasteiger partial charge is 0.449 e. The van der Waals surface area contributed by atoms with Crippen molar-refractivity contribution in [3.8, 4) is 102 Å². The summed E-state index contributed by atoms with van der Waals surface area (Å²) < 4.78 is 13.3. The van der Waals surface area contributed by atoms with Crippen LogP contribution in [0.3, 0.4) is 0 Å². The molecule has 5 nitrogen and oxygen atoms in total. The lowest BCUT2D eigenvalue weighted by Crippen LogP contribution is -2.15. The van der Waals surface area contributed by atoms with Crippen molar-refractivity contribution in [1.29, 1.82) is 0 Å². The first-order chi connectivity index (χ1) is 29.0. The van der Waals surface area contributed by atoms with Gasteiger partial charge in [0.2, 0.25) is 0 Å². The predicted octanol–water partition coefficient (Wildman–Crippen LogP) is 14.1. The summed E-state index contributed by atoms with van der Waals surface area (Å²) in [5, 5.41) is 0. The molecular weight excluding hydrogens is 723 g/mol. The van der Waals surface area contributed by atoms with E-state index in [0.29, 0.717) is 34.7 Å². The van der Waals surface area contributed by atoms with Crippen LogP contribution in [0.5, 0.6) is 23.0 Å².